The molecule has 1 saturated heterocycles. The Labute approximate surface area is 143 Å². The van der Waals surface area contributed by atoms with Gasteiger partial charge in [-0.15, -0.1) is 0 Å². The topological polar surface area (TPSA) is 72.0 Å². The van der Waals surface area contributed by atoms with E-state index in [1.807, 2.05) is 18.2 Å². The highest BCUT2D eigenvalue weighted by Crippen LogP contribution is 2.23. The number of ether oxygens (including phenoxy) is 1. The largest absolute Gasteiger partial charge is 0.376 e. The zero-order valence-corrected chi connectivity index (χ0v) is 14.5. The zero-order chi connectivity index (χ0) is 17.0. The predicted molar refractivity (Wildman–Crippen MR) is 96.1 cm³/mol. The second-order valence-corrected chi connectivity index (χ2v) is 7.09. The Kier molecular flexibility index (Phi) is 4.94. The molecule has 2 aromatic rings. The average molecular weight is 327 g/mol. The third-order valence-electron chi connectivity index (χ3n) is 3.72. The van der Waals surface area contributed by atoms with E-state index in [1.54, 1.807) is 12.4 Å². The van der Waals surface area contributed by atoms with E-state index in [4.69, 9.17) is 4.74 Å². The van der Waals surface area contributed by atoms with E-state index >= 15 is 0 Å². The first-order chi connectivity index (χ1) is 11.5. The number of nitrogens with zero attached hydrogens (tertiary/aromatic N) is 3. The predicted octanol–water partition coefficient (Wildman–Crippen LogP) is 3.34. The smallest absolute Gasteiger partial charge is 0.225 e. The lowest BCUT2D eigenvalue weighted by Gasteiger charge is -2.21. The van der Waals surface area contributed by atoms with E-state index in [0.717, 1.165) is 43.1 Å². The maximum absolute atomic E-state index is 5.67. The molecule has 1 atom stereocenters. The van der Waals surface area contributed by atoms with Crippen LogP contribution in [-0.4, -0.2) is 39.7 Å². The Bertz CT molecular complexity index is 663. The van der Waals surface area contributed by atoms with Crippen molar-refractivity contribution in [1.82, 2.24) is 15.0 Å². The molecule has 1 fully saturated rings. The molecule has 0 radical (unpaired) electrons. The van der Waals surface area contributed by atoms with E-state index in [1.165, 1.54) is 0 Å². The van der Waals surface area contributed by atoms with Gasteiger partial charge in [0.2, 0.25) is 5.95 Å². The van der Waals surface area contributed by atoms with Gasteiger partial charge in [0.15, 0.2) is 0 Å². The van der Waals surface area contributed by atoms with Crippen molar-refractivity contribution in [2.75, 3.05) is 23.8 Å². The minimum absolute atomic E-state index is 0.108. The molecule has 0 saturated carbocycles. The van der Waals surface area contributed by atoms with Crippen LogP contribution in [0.15, 0.2) is 30.6 Å². The van der Waals surface area contributed by atoms with Crippen LogP contribution in [0.2, 0.25) is 0 Å². The highest BCUT2D eigenvalue weighted by molar-refractivity contribution is 5.64. The Hall–Kier alpha value is -2.21. The summed E-state index contributed by atoms with van der Waals surface area (Å²) in [5.41, 5.74) is 1.78. The van der Waals surface area contributed by atoms with Crippen molar-refractivity contribution in [2.45, 2.75) is 45.3 Å². The Morgan fingerprint density at radius 3 is 2.67 bits per heavy atom. The molecule has 6 heteroatoms. The van der Waals surface area contributed by atoms with Crippen molar-refractivity contribution in [2.24, 2.45) is 0 Å². The number of hydrogen-bond acceptors (Lipinski definition) is 6. The Morgan fingerprint density at radius 1 is 1.21 bits per heavy atom. The van der Waals surface area contributed by atoms with Gasteiger partial charge in [-0.2, -0.15) is 4.98 Å². The molecule has 0 bridgehead atoms. The van der Waals surface area contributed by atoms with Gasteiger partial charge in [0.05, 0.1) is 11.8 Å². The summed E-state index contributed by atoms with van der Waals surface area (Å²) in [7, 11) is 0. The SMILES string of the molecule is CC(C)(C)Nc1nc(NC[C@@H]2CCCO2)cc(-c2ccncc2)n1. The first kappa shape index (κ1) is 16.6. The molecule has 1 aliphatic rings. The number of rotatable bonds is 5. The quantitative estimate of drug-likeness (QED) is 0.877. The van der Waals surface area contributed by atoms with Crippen molar-refractivity contribution in [3.05, 3.63) is 30.6 Å². The fourth-order valence-corrected chi connectivity index (χ4v) is 2.62. The fraction of sp³-hybridized carbons (Fsp3) is 0.500. The Balaban J connectivity index is 1.84. The van der Waals surface area contributed by atoms with Gasteiger partial charge in [0.1, 0.15) is 5.82 Å². The summed E-state index contributed by atoms with van der Waals surface area (Å²) in [6, 6.07) is 5.87. The standard InChI is InChI=1S/C18H25N5O/c1-18(2,3)23-17-21-15(13-6-8-19-9-7-13)11-16(22-17)20-12-14-5-4-10-24-14/h6-9,11,14H,4-5,10,12H2,1-3H3,(H2,20,21,22,23)/t14-/m0/s1. The molecule has 1 aliphatic heterocycles. The van der Waals surface area contributed by atoms with Crippen LogP contribution in [0.4, 0.5) is 11.8 Å². The summed E-state index contributed by atoms with van der Waals surface area (Å²) in [5.74, 6) is 1.42. The summed E-state index contributed by atoms with van der Waals surface area (Å²) in [6.07, 6.45) is 6.04. The molecule has 0 unspecified atom stereocenters. The lowest BCUT2D eigenvalue weighted by molar-refractivity contribution is 0.120. The van der Waals surface area contributed by atoms with Crippen LogP contribution in [0, 0.1) is 0 Å². The third-order valence-corrected chi connectivity index (χ3v) is 3.72. The molecular formula is C18H25N5O. The lowest BCUT2D eigenvalue weighted by Crippen LogP contribution is -2.28. The second-order valence-electron chi connectivity index (χ2n) is 7.09. The second kappa shape index (κ2) is 7.13. The molecule has 0 spiro atoms. The van der Waals surface area contributed by atoms with Gasteiger partial charge in [0, 0.05) is 42.7 Å². The number of pyridine rings is 1. The molecule has 0 amide bonds. The minimum atomic E-state index is -0.108. The van der Waals surface area contributed by atoms with Gasteiger partial charge in [-0.1, -0.05) is 0 Å². The minimum Gasteiger partial charge on any atom is -0.376 e. The van der Waals surface area contributed by atoms with Gasteiger partial charge in [-0.05, 0) is 45.7 Å². The molecular weight excluding hydrogens is 302 g/mol. The molecule has 0 aromatic carbocycles. The van der Waals surface area contributed by atoms with E-state index in [0.29, 0.717) is 5.95 Å². The van der Waals surface area contributed by atoms with Gasteiger partial charge >= 0.3 is 0 Å². The van der Waals surface area contributed by atoms with Crippen molar-refractivity contribution in [3.8, 4) is 11.3 Å². The summed E-state index contributed by atoms with van der Waals surface area (Å²) in [4.78, 5) is 13.3. The van der Waals surface area contributed by atoms with Crippen LogP contribution in [-0.2, 0) is 4.74 Å². The van der Waals surface area contributed by atoms with Crippen molar-refractivity contribution >= 4 is 11.8 Å². The van der Waals surface area contributed by atoms with Gasteiger partial charge in [-0.25, -0.2) is 4.98 Å². The van der Waals surface area contributed by atoms with Gasteiger partial charge in [-0.3, -0.25) is 4.98 Å². The van der Waals surface area contributed by atoms with E-state index in [9.17, 15) is 0 Å². The van der Waals surface area contributed by atoms with Crippen LogP contribution in [0.1, 0.15) is 33.6 Å². The van der Waals surface area contributed by atoms with Gasteiger partial charge < -0.3 is 15.4 Å². The summed E-state index contributed by atoms with van der Waals surface area (Å²) in [6.45, 7) is 7.90. The van der Waals surface area contributed by atoms with Gasteiger partial charge in [0.25, 0.3) is 0 Å². The number of hydrogen-bond donors (Lipinski definition) is 2. The molecule has 2 N–H and O–H groups in total. The molecule has 3 heterocycles. The molecule has 2 aromatic heterocycles. The first-order valence-corrected chi connectivity index (χ1v) is 8.43. The number of nitrogens with one attached hydrogen (secondary N) is 2. The molecule has 24 heavy (non-hydrogen) atoms. The molecule has 3 rings (SSSR count). The molecule has 0 aliphatic carbocycles. The van der Waals surface area contributed by atoms with Crippen LogP contribution in [0.25, 0.3) is 11.3 Å². The Morgan fingerprint density at radius 2 is 2.00 bits per heavy atom. The zero-order valence-electron chi connectivity index (χ0n) is 14.5. The van der Waals surface area contributed by atoms with E-state index in [-0.39, 0.29) is 11.6 Å². The summed E-state index contributed by atoms with van der Waals surface area (Å²) < 4.78 is 5.67. The lowest BCUT2D eigenvalue weighted by atomic mass is 10.1. The molecule has 6 nitrogen and oxygen atoms in total. The highest BCUT2D eigenvalue weighted by atomic mass is 16.5. The van der Waals surface area contributed by atoms with Crippen LogP contribution in [0.3, 0.4) is 0 Å². The third kappa shape index (κ3) is 4.64. The average Bonchev–Trinajstić information content (AvgIpc) is 3.05. The van der Waals surface area contributed by atoms with E-state index < -0.39 is 0 Å². The number of anilines is 2. The summed E-state index contributed by atoms with van der Waals surface area (Å²) >= 11 is 0. The maximum atomic E-state index is 5.67. The molecule has 128 valence electrons. The van der Waals surface area contributed by atoms with Crippen molar-refractivity contribution < 1.29 is 4.74 Å². The van der Waals surface area contributed by atoms with Crippen molar-refractivity contribution in [1.29, 1.82) is 0 Å². The van der Waals surface area contributed by atoms with Crippen LogP contribution < -0.4 is 10.6 Å². The van der Waals surface area contributed by atoms with Crippen LogP contribution >= 0.6 is 0 Å². The van der Waals surface area contributed by atoms with E-state index in [2.05, 4.69) is 46.4 Å². The number of aromatic nitrogens is 3. The summed E-state index contributed by atoms with van der Waals surface area (Å²) in [5, 5.41) is 6.74. The first-order valence-electron chi connectivity index (χ1n) is 8.43. The van der Waals surface area contributed by atoms with Crippen LogP contribution in [0.5, 0.6) is 0 Å². The van der Waals surface area contributed by atoms with Crippen molar-refractivity contribution in [3.63, 3.8) is 0 Å². The maximum Gasteiger partial charge on any atom is 0.225 e. The normalized spacial score (nSPS) is 17.7. The highest BCUT2D eigenvalue weighted by Gasteiger charge is 2.17. The fourth-order valence-electron chi connectivity index (χ4n) is 2.62. The monoisotopic (exact) mass is 327 g/mol.